The molecule has 2 amide bonds. The van der Waals surface area contributed by atoms with Gasteiger partial charge in [0.2, 0.25) is 0 Å². The lowest BCUT2D eigenvalue weighted by Gasteiger charge is -2.37. The van der Waals surface area contributed by atoms with Crippen molar-refractivity contribution in [3.63, 3.8) is 0 Å². The summed E-state index contributed by atoms with van der Waals surface area (Å²) in [4.78, 5) is 28.2. The molecular formula is C33H41N4O3. The van der Waals surface area contributed by atoms with Gasteiger partial charge in [-0.05, 0) is 69.4 Å². The third-order valence-corrected chi connectivity index (χ3v) is 6.88. The van der Waals surface area contributed by atoms with E-state index in [9.17, 15) is 9.59 Å². The molecule has 7 heteroatoms. The van der Waals surface area contributed by atoms with E-state index in [0.29, 0.717) is 12.1 Å². The van der Waals surface area contributed by atoms with Crippen LogP contribution in [0.5, 0.6) is 0 Å². The third-order valence-electron chi connectivity index (χ3n) is 6.88. The van der Waals surface area contributed by atoms with Crippen LogP contribution >= 0.6 is 0 Å². The SMILES string of the molecule is CN(CCOC(=O)N(c1ccccc1-c1ccccc1)N1CC[CH]CC1)C(=O)c1ccc(CNC(C)(C)C)cc1. The number of para-hydroxylation sites is 1. The topological polar surface area (TPSA) is 65.1 Å². The Morgan fingerprint density at radius 1 is 0.900 bits per heavy atom. The van der Waals surface area contributed by atoms with E-state index in [1.807, 2.05) is 78.9 Å². The number of anilines is 1. The number of nitrogens with zero attached hydrogens (tertiary/aromatic N) is 3. The quantitative estimate of drug-likeness (QED) is 0.351. The van der Waals surface area contributed by atoms with Gasteiger partial charge >= 0.3 is 6.09 Å². The molecule has 1 heterocycles. The van der Waals surface area contributed by atoms with Crippen molar-refractivity contribution in [3.8, 4) is 11.1 Å². The molecule has 0 atom stereocenters. The maximum atomic E-state index is 13.6. The average molecular weight is 542 g/mol. The molecule has 1 radical (unpaired) electrons. The molecule has 211 valence electrons. The molecular weight excluding hydrogens is 500 g/mol. The van der Waals surface area contributed by atoms with E-state index < -0.39 is 6.09 Å². The summed E-state index contributed by atoms with van der Waals surface area (Å²) in [6, 6.07) is 25.6. The van der Waals surface area contributed by atoms with E-state index in [0.717, 1.165) is 54.9 Å². The van der Waals surface area contributed by atoms with E-state index in [-0.39, 0.29) is 18.1 Å². The molecule has 3 aromatic carbocycles. The van der Waals surface area contributed by atoms with Crippen LogP contribution in [0.3, 0.4) is 0 Å². The molecule has 7 nitrogen and oxygen atoms in total. The lowest BCUT2D eigenvalue weighted by Crippen LogP contribution is -2.50. The highest BCUT2D eigenvalue weighted by Crippen LogP contribution is 2.33. The van der Waals surface area contributed by atoms with Crippen LogP contribution in [0.1, 0.15) is 49.5 Å². The molecule has 3 aromatic rings. The van der Waals surface area contributed by atoms with Gasteiger partial charge in [0.25, 0.3) is 5.91 Å². The van der Waals surface area contributed by atoms with Crippen LogP contribution < -0.4 is 10.3 Å². The number of likely N-dealkylation sites (N-methyl/N-ethyl adjacent to an activating group) is 1. The van der Waals surface area contributed by atoms with Crippen molar-refractivity contribution >= 4 is 17.7 Å². The number of carbonyl (C=O) groups is 2. The molecule has 0 spiro atoms. The Hall–Kier alpha value is -3.68. The van der Waals surface area contributed by atoms with Crippen LogP contribution in [0.25, 0.3) is 11.1 Å². The molecule has 40 heavy (non-hydrogen) atoms. The lowest BCUT2D eigenvalue weighted by atomic mass is 10.0. The molecule has 0 bridgehead atoms. The number of hydrogen-bond donors (Lipinski definition) is 1. The van der Waals surface area contributed by atoms with Crippen molar-refractivity contribution in [1.82, 2.24) is 15.2 Å². The number of carbonyl (C=O) groups excluding carboxylic acids is 2. The second-order valence-electron chi connectivity index (χ2n) is 11.2. The molecule has 1 fully saturated rings. The molecule has 4 rings (SSSR count). The predicted octanol–water partition coefficient (Wildman–Crippen LogP) is 6.17. The summed E-state index contributed by atoms with van der Waals surface area (Å²) in [6.45, 7) is 8.97. The van der Waals surface area contributed by atoms with Crippen molar-refractivity contribution < 1.29 is 14.3 Å². The summed E-state index contributed by atoms with van der Waals surface area (Å²) in [5, 5.41) is 7.17. The molecule has 0 aliphatic carbocycles. The summed E-state index contributed by atoms with van der Waals surface area (Å²) < 4.78 is 5.78. The highest BCUT2D eigenvalue weighted by Gasteiger charge is 2.28. The van der Waals surface area contributed by atoms with Crippen molar-refractivity contribution in [3.05, 3.63) is 96.4 Å². The zero-order valence-corrected chi connectivity index (χ0v) is 24.1. The van der Waals surface area contributed by atoms with Gasteiger partial charge in [0.1, 0.15) is 6.61 Å². The number of rotatable bonds is 9. The minimum atomic E-state index is -0.443. The van der Waals surface area contributed by atoms with E-state index in [1.165, 1.54) is 0 Å². The summed E-state index contributed by atoms with van der Waals surface area (Å²) in [7, 11) is 1.73. The van der Waals surface area contributed by atoms with Crippen molar-refractivity contribution in [1.29, 1.82) is 0 Å². The number of nitrogens with one attached hydrogen (secondary N) is 1. The van der Waals surface area contributed by atoms with Gasteiger partial charge in [-0.3, -0.25) is 4.79 Å². The fraction of sp³-hybridized carbons (Fsp3) is 0.364. The first-order valence-corrected chi connectivity index (χ1v) is 14.0. The maximum absolute atomic E-state index is 13.6. The van der Waals surface area contributed by atoms with Crippen LogP contribution in [-0.4, -0.2) is 60.7 Å². The monoisotopic (exact) mass is 541 g/mol. The third kappa shape index (κ3) is 7.93. The lowest BCUT2D eigenvalue weighted by molar-refractivity contribution is 0.0735. The van der Waals surface area contributed by atoms with Gasteiger partial charge in [-0.2, -0.15) is 0 Å². The smallest absolute Gasteiger partial charge is 0.429 e. The number of hydrazine groups is 1. The fourth-order valence-corrected chi connectivity index (χ4v) is 4.61. The Bertz CT molecular complexity index is 1250. The van der Waals surface area contributed by atoms with Gasteiger partial charge in [0, 0.05) is 43.3 Å². The van der Waals surface area contributed by atoms with Gasteiger partial charge in [-0.25, -0.2) is 14.8 Å². The standard InChI is InChI=1S/C33H41N4O3/c1-33(2,3)34-25-26-17-19-28(20-18-26)31(38)35(4)23-24-40-32(39)37(36-21-11-6-12-22-36)30-16-10-9-15-29(30)27-13-7-5-8-14-27/h5-10,13-20,34H,11-12,21-25H2,1-4H3. The second-order valence-corrected chi connectivity index (χ2v) is 11.2. The zero-order chi connectivity index (χ0) is 28.5. The Balaban J connectivity index is 1.40. The van der Waals surface area contributed by atoms with Crippen LogP contribution in [0.2, 0.25) is 0 Å². The number of hydrogen-bond acceptors (Lipinski definition) is 5. The molecule has 0 saturated carbocycles. The summed E-state index contributed by atoms with van der Waals surface area (Å²) in [5.41, 5.74) is 4.53. The average Bonchev–Trinajstić information content (AvgIpc) is 2.97. The van der Waals surface area contributed by atoms with E-state index in [1.54, 1.807) is 17.0 Å². The number of piperidine rings is 1. The Labute approximate surface area is 238 Å². The van der Waals surface area contributed by atoms with Gasteiger partial charge in [-0.15, -0.1) is 0 Å². The Morgan fingerprint density at radius 3 is 2.23 bits per heavy atom. The van der Waals surface area contributed by atoms with E-state index in [4.69, 9.17) is 4.74 Å². The molecule has 0 unspecified atom stereocenters. The first kappa shape index (κ1) is 29.3. The Morgan fingerprint density at radius 2 is 1.55 bits per heavy atom. The van der Waals surface area contributed by atoms with Crippen LogP contribution in [-0.2, 0) is 11.3 Å². The van der Waals surface area contributed by atoms with Crippen molar-refractivity contribution in [2.24, 2.45) is 0 Å². The van der Waals surface area contributed by atoms with Gasteiger partial charge in [0.05, 0.1) is 12.2 Å². The summed E-state index contributed by atoms with van der Waals surface area (Å²) in [6.07, 6.45) is 3.61. The first-order chi connectivity index (χ1) is 19.2. The normalized spacial score (nSPS) is 14.0. The molecule has 1 aliphatic heterocycles. The van der Waals surface area contributed by atoms with Gasteiger partial charge in [0.15, 0.2) is 0 Å². The molecule has 1 aliphatic rings. The molecule has 1 N–H and O–H groups in total. The number of amides is 2. The van der Waals surface area contributed by atoms with Crippen LogP contribution in [0, 0.1) is 6.42 Å². The number of ether oxygens (including phenoxy) is 1. The van der Waals surface area contributed by atoms with E-state index >= 15 is 0 Å². The number of benzene rings is 3. The molecule has 0 aromatic heterocycles. The highest BCUT2D eigenvalue weighted by atomic mass is 16.6. The first-order valence-electron chi connectivity index (χ1n) is 14.0. The molecule has 1 saturated heterocycles. The highest BCUT2D eigenvalue weighted by molar-refractivity contribution is 5.94. The summed E-state index contributed by atoms with van der Waals surface area (Å²) >= 11 is 0. The predicted molar refractivity (Wildman–Crippen MR) is 161 cm³/mol. The maximum Gasteiger partial charge on any atom is 0.429 e. The summed E-state index contributed by atoms with van der Waals surface area (Å²) in [5.74, 6) is -0.107. The fourth-order valence-electron chi connectivity index (χ4n) is 4.61. The second kappa shape index (κ2) is 13.6. The van der Waals surface area contributed by atoms with Gasteiger partial charge in [-0.1, -0.05) is 60.7 Å². The minimum absolute atomic E-state index is 0.0256. The Kier molecular flexibility index (Phi) is 9.96. The van der Waals surface area contributed by atoms with Gasteiger partial charge < -0.3 is 15.0 Å². The zero-order valence-electron chi connectivity index (χ0n) is 24.1. The van der Waals surface area contributed by atoms with Crippen LogP contribution in [0.4, 0.5) is 10.5 Å². The largest absolute Gasteiger partial charge is 0.446 e. The van der Waals surface area contributed by atoms with Crippen molar-refractivity contribution in [2.45, 2.75) is 45.7 Å². The van der Waals surface area contributed by atoms with E-state index in [2.05, 4.69) is 37.5 Å². The minimum Gasteiger partial charge on any atom is -0.446 e. The van der Waals surface area contributed by atoms with Crippen molar-refractivity contribution in [2.75, 3.05) is 38.3 Å². The van der Waals surface area contributed by atoms with Crippen LogP contribution in [0.15, 0.2) is 78.9 Å².